The number of halogens is 2. The summed E-state index contributed by atoms with van der Waals surface area (Å²) >= 11 is 5.97. The van der Waals surface area contributed by atoms with Crippen LogP contribution in [0.4, 0.5) is 4.39 Å². The van der Waals surface area contributed by atoms with Crippen LogP contribution in [0.25, 0.3) is 27.5 Å². The summed E-state index contributed by atoms with van der Waals surface area (Å²) in [5.74, 6) is -0.236. The fourth-order valence-corrected chi connectivity index (χ4v) is 2.94. The Hall–Kier alpha value is -2.32. The van der Waals surface area contributed by atoms with E-state index in [1.807, 2.05) is 48.5 Å². The van der Waals surface area contributed by atoms with Crippen LogP contribution in [0.1, 0.15) is 0 Å². The first-order valence-corrected chi connectivity index (χ1v) is 7.06. The Morgan fingerprint density at radius 2 is 1.48 bits per heavy atom. The molecule has 0 aliphatic carbocycles. The van der Waals surface area contributed by atoms with Gasteiger partial charge in [0.25, 0.3) is 0 Å². The molecule has 0 spiro atoms. The van der Waals surface area contributed by atoms with Crippen molar-refractivity contribution in [3.8, 4) is 5.69 Å². The lowest BCUT2D eigenvalue weighted by atomic mass is 10.1. The SMILES string of the molecule is Fc1ccc2c3ccccc3n(-c3ccc(Cl)cc3)c2c1. The number of para-hydroxylation sites is 1. The predicted molar refractivity (Wildman–Crippen MR) is 85.7 cm³/mol. The van der Waals surface area contributed by atoms with E-state index in [4.69, 9.17) is 11.6 Å². The van der Waals surface area contributed by atoms with E-state index in [0.29, 0.717) is 5.02 Å². The maximum Gasteiger partial charge on any atom is 0.125 e. The van der Waals surface area contributed by atoms with Crippen molar-refractivity contribution in [3.63, 3.8) is 0 Å². The third-order valence-electron chi connectivity index (χ3n) is 3.72. The van der Waals surface area contributed by atoms with Crippen LogP contribution in [-0.2, 0) is 0 Å². The van der Waals surface area contributed by atoms with Crippen LogP contribution in [0.3, 0.4) is 0 Å². The highest BCUT2D eigenvalue weighted by molar-refractivity contribution is 6.30. The molecule has 0 aliphatic rings. The quantitative estimate of drug-likeness (QED) is 0.432. The summed E-state index contributed by atoms with van der Waals surface area (Å²) in [6.07, 6.45) is 0. The highest BCUT2D eigenvalue weighted by atomic mass is 35.5. The second-order valence-electron chi connectivity index (χ2n) is 4.99. The first kappa shape index (κ1) is 12.4. The standard InChI is InChI=1S/C18H11ClFN/c19-12-5-8-14(9-6-12)21-17-4-2-1-3-15(17)16-10-7-13(20)11-18(16)21/h1-11H. The molecule has 1 nitrogen and oxygen atoms in total. The Balaban J connectivity index is 2.18. The van der Waals surface area contributed by atoms with E-state index in [9.17, 15) is 4.39 Å². The topological polar surface area (TPSA) is 4.93 Å². The normalized spacial score (nSPS) is 11.3. The summed E-state index contributed by atoms with van der Waals surface area (Å²) in [4.78, 5) is 0. The molecule has 0 bridgehead atoms. The van der Waals surface area contributed by atoms with E-state index in [1.54, 1.807) is 6.07 Å². The van der Waals surface area contributed by atoms with Gasteiger partial charge >= 0.3 is 0 Å². The minimum Gasteiger partial charge on any atom is -0.309 e. The third kappa shape index (κ3) is 1.91. The van der Waals surface area contributed by atoms with Crippen LogP contribution in [0.15, 0.2) is 66.7 Å². The largest absolute Gasteiger partial charge is 0.309 e. The second kappa shape index (κ2) is 4.61. The zero-order chi connectivity index (χ0) is 14.4. The van der Waals surface area contributed by atoms with Gasteiger partial charge in [0, 0.05) is 21.5 Å². The number of aromatic nitrogens is 1. The van der Waals surface area contributed by atoms with Gasteiger partial charge in [0.2, 0.25) is 0 Å². The second-order valence-corrected chi connectivity index (χ2v) is 5.43. The van der Waals surface area contributed by atoms with Gasteiger partial charge in [-0.3, -0.25) is 0 Å². The summed E-state index contributed by atoms with van der Waals surface area (Å²) in [7, 11) is 0. The third-order valence-corrected chi connectivity index (χ3v) is 3.97. The lowest BCUT2D eigenvalue weighted by Crippen LogP contribution is -1.93. The maximum atomic E-state index is 13.7. The number of hydrogen-bond acceptors (Lipinski definition) is 0. The van der Waals surface area contributed by atoms with Gasteiger partial charge in [-0.05, 0) is 48.5 Å². The molecule has 4 rings (SSSR count). The van der Waals surface area contributed by atoms with Crippen LogP contribution in [0, 0.1) is 5.82 Å². The van der Waals surface area contributed by atoms with E-state index in [-0.39, 0.29) is 5.82 Å². The van der Waals surface area contributed by atoms with Crippen molar-refractivity contribution >= 4 is 33.4 Å². The van der Waals surface area contributed by atoms with Crippen LogP contribution < -0.4 is 0 Å². The molecule has 21 heavy (non-hydrogen) atoms. The fraction of sp³-hybridized carbons (Fsp3) is 0. The highest BCUT2D eigenvalue weighted by Gasteiger charge is 2.12. The molecule has 0 N–H and O–H groups in total. The van der Waals surface area contributed by atoms with E-state index in [1.165, 1.54) is 6.07 Å². The molecular weight excluding hydrogens is 285 g/mol. The first-order valence-electron chi connectivity index (χ1n) is 6.69. The van der Waals surface area contributed by atoms with Gasteiger partial charge in [-0.1, -0.05) is 29.8 Å². The van der Waals surface area contributed by atoms with Crippen molar-refractivity contribution in [2.24, 2.45) is 0 Å². The minimum atomic E-state index is -0.236. The molecule has 0 amide bonds. The molecule has 0 atom stereocenters. The van der Waals surface area contributed by atoms with Gasteiger partial charge in [-0.25, -0.2) is 4.39 Å². The van der Waals surface area contributed by atoms with E-state index in [2.05, 4.69) is 10.6 Å². The van der Waals surface area contributed by atoms with Crippen LogP contribution in [-0.4, -0.2) is 4.57 Å². The Morgan fingerprint density at radius 3 is 2.29 bits per heavy atom. The number of nitrogens with zero attached hydrogens (tertiary/aromatic N) is 1. The lowest BCUT2D eigenvalue weighted by Gasteiger charge is -2.07. The summed E-state index contributed by atoms with van der Waals surface area (Å²) in [5.41, 5.74) is 2.88. The van der Waals surface area contributed by atoms with Crippen LogP contribution in [0.5, 0.6) is 0 Å². The predicted octanol–water partition coefficient (Wildman–Crippen LogP) is 5.58. The van der Waals surface area contributed by atoms with Crippen molar-refractivity contribution in [2.75, 3.05) is 0 Å². The molecule has 0 radical (unpaired) electrons. The molecule has 102 valence electrons. The minimum absolute atomic E-state index is 0.236. The molecule has 4 aromatic rings. The van der Waals surface area contributed by atoms with Crippen LogP contribution in [0.2, 0.25) is 5.02 Å². The number of rotatable bonds is 1. The van der Waals surface area contributed by atoms with E-state index < -0.39 is 0 Å². The molecule has 0 saturated carbocycles. The molecule has 0 aliphatic heterocycles. The average Bonchev–Trinajstić information content (AvgIpc) is 2.82. The van der Waals surface area contributed by atoms with Crippen molar-refractivity contribution in [1.82, 2.24) is 4.57 Å². The zero-order valence-corrected chi connectivity index (χ0v) is 11.8. The van der Waals surface area contributed by atoms with Gasteiger partial charge in [0.05, 0.1) is 11.0 Å². The van der Waals surface area contributed by atoms with Crippen molar-refractivity contribution in [2.45, 2.75) is 0 Å². The van der Waals surface area contributed by atoms with Gasteiger partial charge in [-0.2, -0.15) is 0 Å². The average molecular weight is 296 g/mol. The van der Waals surface area contributed by atoms with Crippen molar-refractivity contribution < 1.29 is 4.39 Å². The van der Waals surface area contributed by atoms with Gasteiger partial charge in [0.15, 0.2) is 0 Å². The molecule has 1 aromatic heterocycles. The highest BCUT2D eigenvalue weighted by Crippen LogP contribution is 2.32. The Labute approximate surface area is 126 Å². The Bertz CT molecular complexity index is 954. The molecule has 3 heteroatoms. The first-order chi connectivity index (χ1) is 10.2. The smallest absolute Gasteiger partial charge is 0.125 e. The van der Waals surface area contributed by atoms with Gasteiger partial charge in [0.1, 0.15) is 5.82 Å². The molecule has 0 fully saturated rings. The zero-order valence-electron chi connectivity index (χ0n) is 11.1. The summed E-state index contributed by atoms with van der Waals surface area (Å²) in [5, 5.41) is 2.84. The number of fused-ring (bicyclic) bond motifs is 3. The Morgan fingerprint density at radius 1 is 0.762 bits per heavy atom. The van der Waals surface area contributed by atoms with E-state index >= 15 is 0 Å². The Kier molecular flexibility index (Phi) is 2.72. The molecule has 0 saturated heterocycles. The van der Waals surface area contributed by atoms with Crippen LogP contribution >= 0.6 is 11.6 Å². The monoisotopic (exact) mass is 295 g/mol. The fourth-order valence-electron chi connectivity index (χ4n) is 2.81. The van der Waals surface area contributed by atoms with Crippen molar-refractivity contribution in [3.05, 3.63) is 77.6 Å². The molecule has 1 heterocycles. The summed E-state index contributed by atoms with van der Waals surface area (Å²) < 4.78 is 15.8. The molecule has 0 unspecified atom stereocenters. The summed E-state index contributed by atoms with van der Waals surface area (Å²) in [6, 6.07) is 20.6. The number of hydrogen-bond donors (Lipinski definition) is 0. The van der Waals surface area contributed by atoms with E-state index in [0.717, 1.165) is 27.5 Å². The molecular formula is C18H11ClFN. The summed E-state index contributed by atoms with van der Waals surface area (Å²) in [6.45, 7) is 0. The van der Waals surface area contributed by atoms with Gasteiger partial charge in [-0.15, -0.1) is 0 Å². The van der Waals surface area contributed by atoms with Gasteiger partial charge < -0.3 is 4.57 Å². The van der Waals surface area contributed by atoms with Crippen molar-refractivity contribution in [1.29, 1.82) is 0 Å². The molecule has 3 aromatic carbocycles. The maximum absolute atomic E-state index is 13.7. The lowest BCUT2D eigenvalue weighted by molar-refractivity contribution is 0.629. The number of benzene rings is 3.